The van der Waals surface area contributed by atoms with Crippen LogP contribution in [0, 0.1) is 0 Å². The highest BCUT2D eigenvalue weighted by Crippen LogP contribution is 2.16. The van der Waals surface area contributed by atoms with Crippen molar-refractivity contribution in [3.05, 3.63) is 42.2 Å². The van der Waals surface area contributed by atoms with Crippen LogP contribution in [0.4, 0.5) is 5.69 Å². The summed E-state index contributed by atoms with van der Waals surface area (Å²) in [5.41, 5.74) is 0.959. The standard InChI is InChI=1S/C19H25N5O3/c1-2-27-16-7-5-14(6-8-16)22-18(25)13-21-19(26)17-9-11-24(23-17)15-4-3-10-20-12-15/h5-9,11,15,20H,2-4,10,12-13H2,1H3,(H,21,26)(H,22,25). The molecule has 1 aromatic carbocycles. The summed E-state index contributed by atoms with van der Waals surface area (Å²) in [5.74, 6) is 0.0790. The van der Waals surface area contributed by atoms with Crippen molar-refractivity contribution in [3.63, 3.8) is 0 Å². The molecule has 1 aliphatic heterocycles. The van der Waals surface area contributed by atoms with Crippen molar-refractivity contribution in [3.8, 4) is 5.75 Å². The second kappa shape index (κ2) is 9.18. The molecule has 0 bridgehead atoms. The van der Waals surface area contributed by atoms with E-state index in [1.54, 1.807) is 30.3 Å². The Labute approximate surface area is 158 Å². The van der Waals surface area contributed by atoms with Gasteiger partial charge in [0.2, 0.25) is 5.91 Å². The van der Waals surface area contributed by atoms with Gasteiger partial charge in [-0.25, -0.2) is 0 Å². The van der Waals surface area contributed by atoms with Gasteiger partial charge in [0.1, 0.15) is 11.4 Å². The smallest absolute Gasteiger partial charge is 0.272 e. The number of rotatable bonds is 7. The molecule has 2 heterocycles. The molecule has 1 aromatic heterocycles. The van der Waals surface area contributed by atoms with Crippen LogP contribution in [0.2, 0.25) is 0 Å². The van der Waals surface area contributed by atoms with Crippen molar-refractivity contribution in [2.45, 2.75) is 25.8 Å². The summed E-state index contributed by atoms with van der Waals surface area (Å²) < 4.78 is 7.18. The topological polar surface area (TPSA) is 97.3 Å². The molecule has 3 rings (SSSR count). The lowest BCUT2D eigenvalue weighted by Crippen LogP contribution is -2.34. The SMILES string of the molecule is CCOc1ccc(NC(=O)CNC(=O)c2ccn(C3CCCNC3)n2)cc1. The van der Waals surface area contributed by atoms with Gasteiger partial charge in [-0.15, -0.1) is 0 Å². The summed E-state index contributed by atoms with van der Waals surface area (Å²) >= 11 is 0. The number of hydrogen-bond donors (Lipinski definition) is 3. The maximum atomic E-state index is 12.2. The Balaban J connectivity index is 1.47. The van der Waals surface area contributed by atoms with Crippen molar-refractivity contribution in [1.82, 2.24) is 20.4 Å². The van der Waals surface area contributed by atoms with Crippen molar-refractivity contribution in [1.29, 1.82) is 0 Å². The number of ether oxygens (including phenoxy) is 1. The fourth-order valence-corrected chi connectivity index (χ4v) is 2.98. The van der Waals surface area contributed by atoms with Crippen molar-refractivity contribution in [2.75, 3.05) is 31.6 Å². The Morgan fingerprint density at radius 3 is 2.81 bits per heavy atom. The van der Waals surface area contributed by atoms with Gasteiger partial charge in [0.15, 0.2) is 0 Å². The monoisotopic (exact) mass is 371 g/mol. The average molecular weight is 371 g/mol. The quantitative estimate of drug-likeness (QED) is 0.686. The molecule has 0 spiro atoms. The first-order chi connectivity index (χ1) is 13.2. The highest BCUT2D eigenvalue weighted by atomic mass is 16.5. The lowest BCUT2D eigenvalue weighted by Gasteiger charge is -2.22. The van der Waals surface area contributed by atoms with Crippen molar-refractivity contribution < 1.29 is 14.3 Å². The number of carbonyl (C=O) groups excluding carboxylic acids is 2. The van der Waals surface area contributed by atoms with Gasteiger partial charge in [-0.3, -0.25) is 14.3 Å². The molecule has 0 aliphatic carbocycles. The number of carbonyl (C=O) groups is 2. The molecule has 8 heteroatoms. The lowest BCUT2D eigenvalue weighted by atomic mass is 10.1. The van der Waals surface area contributed by atoms with Crippen LogP contribution in [0.15, 0.2) is 36.5 Å². The zero-order valence-corrected chi connectivity index (χ0v) is 15.4. The van der Waals surface area contributed by atoms with Gasteiger partial charge < -0.3 is 20.7 Å². The van der Waals surface area contributed by atoms with Gasteiger partial charge >= 0.3 is 0 Å². The maximum Gasteiger partial charge on any atom is 0.272 e. The van der Waals surface area contributed by atoms with Gasteiger partial charge in [0.05, 0.1) is 19.2 Å². The van der Waals surface area contributed by atoms with Crippen molar-refractivity contribution >= 4 is 17.5 Å². The number of piperidine rings is 1. The molecule has 8 nitrogen and oxygen atoms in total. The van der Waals surface area contributed by atoms with Crippen molar-refractivity contribution in [2.24, 2.45) is 0 Å². The minimum absolute atomic E-state index is 0.121. The summed E-state index contributed by atoms with van der Waals surface area (Å²) in [6.07, 6.45) is 3.95. The maximum absolute atomic E-state index is 12.2. The molecule has 2 amide bonds. The highest BCUT2D eigenvalue weighted by molar-refractivity contribution is 5.98. The largest absolute Gasteiger partial charge is 0.494 e. The normalized spacial score (nSPS) is 16.6. The molecule has 1 saturated heterocycles. The van der Waals surface area contributed by atoms with E-state index in [-0.39, 0.29) is 24.4 Å². The Morgan fingerprint density at radius 1 is 1.30 bits per heavy atom. The number of nitrogens with zero attached hydrogens (tertiary/aromatic N) is 2. The van der Waals surface area contributed by atoms with Gasteiger partial charge in [-0.1, -0.05) is 0 Å². The molecule has 3 N–H and O–H groups in total. The van der Waals surface area contributed by atoms with E-state index in [0.29, 0.717) is 18.0 Å². The number of anilines is 1. The van der Waals surface area contributed by atoms with E-state index in [1.165, 1.54) is 0 Å². The number of hydrogen-bond acceptors (Lipinski definition) is 5. The second-order valence-electron chi connectivity index (χ2n) is 6.37. The van der Waals surface area contributed by atoms with Crippen LogP contribution in [0.1, 0.15) is 36.3 Å². The molecular formula is C19H25N5O3. The van der Waals surface area contributed by atoms with E-state index in [1.807, 2.05) is 17.8 Å². The third-order valence-electron chi connectivity index (χ3n) is 4.34. The zero-order chi connectivity index (χ0) is 19.1. The number of amides is 2. The van der Waals surface area contributed by atoms with E-state index in [4.69, 9.17) is 4.74 Å². The molecule has 27 heavy (non-hydrogen) atoms. The predicted molar refractivity (Wildman–Crippen MR) is 102 cm³/mol. The van der Waals surface area contributed by atoms with Gasteiger partial charge in [-0.05, 0) is 56.6 Å². The molecule has 0 saturated carbocycles. The van der Waals surface area contributed by atoms with Gasteiger partial charge in [-0.2, -0.15) is 5.10 Å². The number of nitrogens with one attached hydrogen (secondary N) is 3. The molecule has 1 fully saturated rings. The van der Waals surface area contributed by atoms with Crippen LogP contribution < -0.4 is 20.7 Å². The Hall–Kier alpha value is -2.87. The number of aromatic nitrogens is 2. The zero-order valence-electron chi connectivity index (χ0n) is 15.4. The van der Waals surface area contributed by atoms with Crippen LogP contribution in [0.3, 0.4) is 0 Å². The fraction of sp³-hybridized carbons (Fsp3) is 0.421. The molecule has 0 radical (unpaired) electrons. The van der Waals surface area contributed by atoms with Crippen LogP contribution in [0.5, 0.6) is 5.75 Å². The molecule has 1 atom stereocenters. The van der Waals surface area contributed by atoms with Crippen LogP contribution in [-0.4, -0.2) is 47.8 Å². The molecule has 1 aliphatic rings. The van der Waals surface area contributed by atoms with E-state index >= 15 is 0 Å². The van der Waals surface area contributed by atoms with Gasteiger partial charge in [0, 0.05) is 18.4 Å². The summed E-state index contributed by atoms with van der Waals surface area (Å²) in [4.78, 5) is 24.2. The fourth-order valence-electron chi connectivity index (χ4n) is 2.98. The predicted octanol–water partition coefficient (Wildman–Crippen LogP) is 1.57. The number of benzene rings is 1. The van der Waals surface area contributed by atoms with Crippen LogP contribution in [-0.2, 0) is 4.79 Å². The molecule has 144 valence electrons. The van der Waals surface area contributed by atoms with E-state index in [0.717, 1.165) is 31.7 Å². The third-order valence-corrected chi connectivity index (χ3v) is 4.34. The van der Waals surface area contributed by atoms with Crippen LogP contribution in [0.25, 0.3) is 0 Å². The molecule has 2 aromatic rings. The highest BCUT2D eigenvalue weighted by Gasteiger charge is 2.18. The Kier molecular flexibility index (Phi) is 6.43. The van der Waals surface area contributed by atoms with E-state index in [2.05, 4.69) is 21.0 Å². The van der Waals surface area contributed by atoms with Gasteiger partial charge in [0.25, 0.3) is 5.91 Å². The lowest BCUT2D eigenvalue weighted by molar-refractivity contribution is -0.115. The van der Waals surface area contributed by atoms with E-state index in [9.17, 15) is 9.59 Å². The summed E-state index contributed by atoms with van der Waals surface area (Å²) in [7, 11) is 0. The Morgan fingerprint density at radius 2 is 2.11 bits per heavy atom. The van der Waals surface area contributed by atoms with E-state index < -0.39 is 0 Å². The van der Waals surface area contributed by atoms with Crippen LogP contribution >= 0.6 is 0 Å². The molecular weight excluding hydrogens is 346 g/mol. The second-order valence-corrected chi connectivity index (χ2v) is 6.37. The third kappa shape index (κ3) is 5.30. The average Bonchev–Trinajstić information content (AvgIpc) is 3.19. The first kappa shape index (κ1) is 18.9. The minimum atomic E-state index is -0.362. The summed E-state index contributed by atoms with van der Waals surface area (Å²) in [5, 5.41) is 13.0. The first-order valence-electron chi connectivity index (χ1n) is 9.22. The summed E-state index contributed by atoms with van der Waals surface area (Å²) in [6, 6.07) is 9.02. The Bertz CT molecular complexity index is 766. The first-order valence-corrected chi connectivity index (χ1v) is 9.22. The molecule has 1 unspecified atom stereocenters. The summed E-state index contributed by atoms with van der Waals surface area (Å²) in [6.45, 7) is 4.25. The minimum Gasteiger partial charge on any atom is -0.494 e.